The minimum atomic E-state index is -0.0533. The summed E-state index contributed by atoms with van der Waals surface area (Å²) in [6.45, 7) is 2.78. The fourth-order valence-corrected chi connectivity index (χ4v) is 2.53. The lowest BCUT2D eigenvalue weighted by Gasteiger charge is -2.33. The second-order valence-corrected chi connectivity index (χ2v) is 5.06. The van der Waals surface area contributed by atoms with Crippen LogP contribution >= 0.6 is 0 Å². The molecule has 1 aromatic heterocycles. The molecule has 2 rings (SSSR count). The molecule has 1 aliphatic rings. The Morgan fingerprint density at radius 3 is 2.79 bits per heavy atom. The maximum atomic E-state index is 12.4. The van der Waals surface area contributed by atoms with Crippen LogP contribution in [0, 0.1) is 0 Å². The molecule has 0 aromatic carbocycles. The third-order valence-electron chi connectivity index (χ3n) is 3.36. The van der Waals surface area contributed by atoms with E-state index in [-0.39, 0.29) is 17.9 Å². The fourth-order valence-electron chi connectivity index (χ4n) is 2.53. The number of nitrogens with one attached hydrogen (secondary N) is 1. The van der Waals surface area contributed by atoms with Crippen LogP contribution in [0.2, 0.25) is 0 Å². The van der Waals surface area contributed by atoms with Crippen molar-refractivity contribution >= 4 is 17.5 Å². The maximum Gasteiger partial charge on any atom is 0.270 e. The second kappa shape index (κ2) is 5.34. The number of amides is 2. The Labute approximate surface area is 112 Å². The van der Waals surface area contributed by atoms with Gasteiger partial charge in [-0.1, -0.05) is 0 Å². The van der Waals surface area contributed by atoms with E-state index in [1.807, 2.05) is 0 Å². The summed E-state index contributed by atoms with van der Waals surface area (Å²) >= 11 is 0. The van der Waals surface area contributed by atoms with E-state index >= 15 is 0 Å². The molecule has 1 fully saturated rings. The van der Waals surface area contributed by atoms with Gasteiger partial charge in [-0.05, 0) is 18.9 Å². The van der Waals surface area contributed by atoms with Crippen molar-refractivity contribution in [3.63, 3.8) is 0 Å². The molecule has 1 unspecified atom stereocenters. The summed E-state index contributed by atoms with van der Waals surface area (Å²) < 4.78 is 1.74. The fraction of sp³-hybridized carbons (Fsp3) is 0.538. The van der Waals surface area contributed by atoms with Crippen LogP contribution < -0.4 is 11.1 Å². The Kier molecular flexibility index (Phi) is 3.78. The lowest BCUT2D eigenvalue weighted by molar-refractivity contribution is -0.120. The molecule has 19 heavy (non-hydrogen) atoms. The summed E-state index contributed by atoms with van der Waals surface area (Å²) in [5.74, 6) is -0.0864. The molecule has 0 aliphatic carbocycles. The van der Waals surface area contributed by atoms with E-state index in [4.69, 9.17) is 5.73 Å². The molecule has 2 amide bonds. The smallest absolute Gasteiger partial charge is 0.270 e. The minimum absolute atomic E-state index is 0.0331. The van der Waals surface area contributed by atoms with Crippen LogP contribution in [-0.2, 0) is 11.8 Å². The zero-order chi connectivity index (χ0) is 14.0. The number of anilines is 1. The van der Waals surface area contributed by atoms with Gasteiger partial charge in [0.25, 0.3) is 5.91 Å². The molecule has 3 N–H and O–H groups in total. The number of hydrogen-bond donors (Lipinski definition) is 2. The van der Waals surface area contributed by atoms with Crippen LogP contribution in [-0.4, -0.2) is 40.4 Å². The summed E-state index contributed by atoms with van der Waals surface area (Å²) in [6.07, 6.45) is 3.54. The van der Waals surface area contributed by atoms with Crippen LogP contribution in [0.1, 0.15) is 30.3 Å². The number of carbonyl (C=O) groups excluding carboxylic acids is 2. The van der Waals surface area contributed by atoms with E-state index in [0.717, 1.165) is 19.4 Å². The highest BCUT2D eigenvalue weighted by Gasteiger charge is 2.26. The third-order valence-corrected chi connectivity index (χ3v) is 3.36. The topological polar surface area (TPSA) is 80.4 Å². The van der Waals surface area contributed by atoms with Crippen molar-refractivity contribution in [3.05, 3.63) is 18.0 Å². The molecule has 0 spiro atoms. The van der Waals surface area contributed by atoms with E-state index in [9.17, 15) is 9.59 Å². The van der Waals surface area contributed by atoms with Crippen molar-refractivity contribution in [1.29, 1.82) is 0 Å². The number of carbonyl (C=O) groups is 2. The van der Waals surface area contributed by atoms with E-state index in [2.05, 4.69) is 5.32 Å². The van der Waals surface area contributed by atoms with Gasteiger partial charge in [0, 0.05) is 39.3 Å². The summed E-state index contributed by atoms with van der Waals surface area (Å²) in [7, 11) is 1.80. The van der Waals surface area contributed by atoms with Gasteiger partial charge in [0.2, 0.25) is 5.91 Å². The van der Waals surface area contributed by atoms with Crippen molar-refractivity contribution in [2.24, 2.45) is 7.05 Å². The first-order chi connectivity index (χ1) is 8.97. The maximum absolute atomic E-state index is 12.4. The largest absolute Gasteiger partial charge is 0.397 e. The predicted octanol–water partition coefficient (Wildman–Crippen LogP) is 0.348. The van der Waals surface area contributed by atoms with Gasteiger partial charge >= 0.3 is 0 Å². The third kappa shape index (κ3) is 3.07. The number of hydrogen-bond acceptors (Lipinski definition) is 3. The van der Waals surface area contributed by atoms with Crippen molar-refractivity contribution in [3.8, 4) is 0 Å². The Morgan fingerprint density at radius 1 is 1.47 bits per heavy atom. The molecule has 0 bridgehead atoms. The molecule has 6 heteroatoms. The normalized spacial score (nSPS) is 19.3. The molecule has 0 saturated carbocycles. The number of nitrogen functional groups attached to an aromatic ring is 1. The Morgan fingerprint density at radius 2 is 2.21 bits per heavy atom. The SMILES string of the molecule is CC(=O)NC1CCCN(C(=O)c2cc(N)cn2C)C1. The lowest BCUT2D eigenvalue weighted by atomic mass is 10.1. The molecule has 2 heterocycles. The standard InChI is InChI=1S/C13H20N4O2/c1-9(18)15-11-4-3-5-17(8-11)13(19)12-6-10(14)7-16(12)2/h6-7,11H,3-5,8,14H2,1-2H3,(H,15,18). The van der Waals surface area contributed by atoms with Crippen LogP contribution in [0.5, 0.6) is 0 Å². The summed E-state index contributed by atoms with van der Waals surface area (Å²) in [6, 6.07) is 1.73. The molecule has 6 nitrogen and oxygen atoms in total. The minimum Gasteiger partial charge on any atom is -0.397 e. The second-order valence-electron chi connectivity index (χ2n) is 5.06. The highest BCUT2D eigenvalue weighted by atomic mass is 16.2. The molecule has 1 aliphatic heterocycles. The first-order valence-electron chi connectivity index (χ1n) is 6.45. The number of rotatable bonds is 2. The average Bonchev–Trinajstić information content (AvgIpc) is 2.67. The van der Waals surface area contributed by atoms with Gasteiger partial charge in [0.15, 0.2) is 0 Å². The van der Waals surface area contributed by atoms with Crippen LogP contribution in [0.15, 0.2) is 12.3 Å². The Balaban J connectivity index is 2.07. The monoisotopic (exact) mass is 264 g/mol. The van der Waals surface area contributed by atoms with Gasteiger partial charge in [0.1, 0.15) is 5.69 Å². The van der Waals surface area contributed by atoms with Crippen molar-refractivity contribution in [1.82, 2.24) is 14.8 Å². The van der Waals surface area contributed by atoms with E-state index in [1.165, 1.54) is 6.92 Å². The molecule has 104 valence electrons. The zero-order valence-electron chi connectivity index (χ0n) is 11.3. The van der Waals surface area contributed by atoms with Gasteiger partial charge in [-0.2, -0.15) is 0 Å². The lowest BCUT2D eigenvalue weighted by Crippen LogP contribution is -2.49. The molecule has 1 atom stereocenters. The number of nitrogens with two attached hydrogens (primary N) is 1. The number of aryl methyl sites for hydroxylation is 1. The van der Waals surface area contributed by atoms with E-state index in [1.54, 1.807) is 28.8 Å². The van der Waals surface area contributed by atoms with Crippen LogP contribution in [0.4, 0.5) is 5.69 Å². The van der Waals surface area contributed by atoms with Crippen LogP contribution in [0.25, 0.3) is 0 Å². The van der Waals surface area contributed by atoms with Gasteiger partial charge in [-0.3, -0.25) is 9.59 Å². The summed E-state index contributed by atoms with van der Waals surface area (Å²) in [5.41, 5.74) is 6.86. The van der Waals surface area contributed by atoms with Gasteiger partial charge in [-0.25, -0.2) is 0 Å². The zero-order valence-corrected chi connectivity index (χ0v) is 11.3. The first kappa shape index (κ1) is 13.5. The van der Waals surface area contributed by atoms with E-state index in [0.29, 0.717) is 17.9 Å². The number of aromatic nitrogens is 1. The highest BCUT2D eigenvalue weighted by molar-refractivity contribution is 5.94. The average molecular weight is 264 g/mol. The van der Waals surface area contributed by atoms with Gasteiger partial charge < -0.3 is 20.5 Å². The molecular weight excluding hydrogens is 244 g/mol. The molecular formula is C13H20N4O2. The molecule has 0 radical (unpaired) electrons. The number of likely N-dealkylation sites (tertiary alicyclic amines) is 1. The first-order valence-corrected chi connectivity index (χ1v) is 6.45. The molecule has 1 aromatic rings. The van der Waals surface area contributed by atoms with Crippen molar-refractivity contribution < 1.29 is 9.59 Å². The quantitative estimate of drug-likeness (QED) is 0.808. The molecule has 1 saturated heterocycles. The highest BCUT2D eigenvalue weighted by Crippen LogP contribution is 2.16. The van der Waals surface area contributed by atoms with Crippen molar-refractivity contribution in [2.75, 3.05) is 18.8 Å². The number of piperidine rings is 1. The van der Waals surface area contributed by atoms with Crippen molar-refractivity contribution in [2.45, 2.75) is 25.8 Å². The summed E-state index contributed by atoms with van der Waals surface area (Å²) in [5, 5.41) is 2.87. The van der Waals surface area contributed by atoms with E-state index < -0.39 is 0 Å². The van der Waals surface area contributed by atoms with Gasteiger partial charge in [-0.15, -0.1) is 0 Å². The predicted molar refractivity (Wildman–Crippen MR) is 72.6 cm³/mol. The van der Waals surface area contributed by atoms with Crippen LogP contribution in [0.3, 0.4) is 0 Å². The summed E-state index contributed by atoms with van der Waals surface area (Å²) in [4.78, 5) is 25.3. The Bertz CT molecular complexity index is 495. The Hall–Kier alpha value is -1.98. The number of nitrogens with zero attached hydrogens (tertiary/aromatic N) is 2. The van der Waals surface area contributed by atoms with Gasteiger partial charge in [0.05, 0.1) is 5.69 Å².